The Hall–Kier alpha value is -2.53. The summed E-state index contributed by atoms with van der Waals surface area (Å²) in [7, 11) is 0. The van der Waals surface area contributed by atoms with Crippen LogP contribution in [0.15, 0.2) is 60.9 Å². The third-order valence-electron chi connectivity index (χ3n) is 4.23. The van der Waals surface area contributed by atoms with E-state index in [1.165, 1.54) is 38.5 Å². The summed E-state index contributed by atoms with van der Waals surface area (Å²) in [5.41, 5.74) is 2.90. The maximum atomic E-state index is 8.85. The highest BCUT2D eigenvalue weighted by atomic mass is 16.5. The monoisotopic (exact) mass is 333 g/mol. The summed E-state index contributed by atoms with van der Waals surface area (Å²) in [6.45, 7) is 2.25. The molecule has 130 valence electrons. The number of allylic oxidation sites excluding steroid dienone is 1. The van der Waals surface area contributed by atoms with E-state index in [0.29, 0.717) is 5.56 Å². The molecule has 0 saturated carbocycles. The fourth-order valence-electron chi connectivity index (χ4n) is 2.70. The van der Waals surface area contributed by atoms with Gasteiger partial charge < -0.3 is 4.74 Å². The first-order valence-corrected chi connectivity index (χ1v) is 9.25. The molecule has 2 aromatic carbocycles. The zero-order valence-electron chi connectivity index (χ0n) is 15.1. The molecule has 0 atom stereocenters. The van der Waals surface area contributed by atoms with Gasteiger partial charge in [0.05, 0.1) is 17.9 Å². The van der Waals surface area contributed by atoms with Crippen molar-refractivity contribution in [2.24, 2.45) is 0 Å². The molecular weight excluding hydrogens is 306 g/mol. The van der Waals surface area contributed by atoms with Crippen molar-refractivity contribution in [2.45, 2.75) is 51.9 Å². The normalized spacial score (nSPS) is 10.7. The summed E-state index contributed by atoms with van der Waals surface area (Å²) in [5.74, 6) is 0.844. The molecular formula is C23H27NO. The van der Waals surface area contributed by atoms with Crippen LogP contribution >= 0.6 is 0 Å². The van der Waals surface area contributed by atoms with Crippen molar-refractivity contribution in [3.63, 3.8) is 0 Å². The lowest BCUT2D eigenvalue weighted by atomic mass is 10.0. The fraction of sp³-hybridized carbons (Fsp3) is 0.348. The van der Waals surface area contributed by atoms with Gasteiger partial charge in [-0.25, -0.2) is 0 Å². The summed E-state index contributed by atoms with van der Waals surface area (Å²) in [6.07, 6.45) is 12.9. The molecule has 0 saturated heterocycles. The molecule has 0 bridgehead atoms. The largest absolute Gasteiger partial charge is 0.465 e. The first-order valence-electron chi connectivity index (χ1n) is 9.25. The molecule has 0 aliphatic rings. The maximum absolute atomic E-state index is 8.85. The van der Waals surface area contributed by atoms with E-state index in [9.17, 15) is 0 Å². The number of hydrogen-bond acceptors (Lipinski definition) is 2. The average Bonchev–Trinajstić information content (AvgIpc) is 2.67. The molecule has 2 nitrogen and oxygen atoms in total. The van der Waals surface area contributed by atoms with Crippen LogP contribution in [0.3, 0.4) is 0 Å². The number of ether oxygens (including phenoxy) is 1. The van der Waals surface area contributed by atoms with Crippen LogP contribution < -0.4 is 4.74 Å². The van der Waals surface area contributed by atoms with Crippen LogP contribution in [0.2, 0.25) is 0 Å². The van der Waals surface area contributed by atoms with Gasteiger partial charge in [-0.3, -0.25) is 0 Å². The van der Waals surface area contributed by atoms with Gasteiger partial charge in [-0.1, -0.05) is 63.3 Å². The van der Waals surface area contributed by atoms with E-state index in [0.717, 1.165) is 23.3 Å². The van der Waals surface area contributed by atoms with Gasteiger partial charge in [0, 0.05) is 0 Å². The Kier molecular flexibility index (Phi) is 8.35. The Balaban J connectivity index is 1.73. The lowest BCUT2D eigenvalue weighted by molar-refractivity contribution is 0.477. The average molecular weight is 333 g/mol. The Bertz CT molecular complexity index is 678. The van der Waals surface area contributed by atoms with Gasteiger partial charge in [0.15, 0.2) is 0 Å². The Morgan fingerprint density at radius 1 is 0.840 bits per heavy atom. The van der Waals surface area contributed by atoms with Gasteiger partial charge in [0.2, 0.25) is 0 Å². The summed E-state index contributed by atoms with van der Waals surface area (Å²) >= 11 is 0. The van der Waals surface area contributed by atoms with Crippen LogP contribution in [0.25, 0.3) is 11.1 Å². The second-order valence-corrected chi connectivity index (χ2v) is 6.26. The summed E-state index contributed by atoms with van der Waals surface area (Å²) in [4.78, 5) is 0. The molecule has 2 heteroatoms. The SMILES string of the molecule is CCCCCCCC/C=C/Oc1ccc(-c2ccc(C#N)cc2)cc1. The number of hydrogen-bond donors (Lipinski definition) is 0. The van der Waals surface area contributed by atoms with Gasteiger partial charge in [0.25, 0.3) is 0 Å². The molecule has 0 spiro atoms. The first kappa shape index (κ1) is 18.8. The molecule has 0 aliphatic carbocycles. The lowest BCUT2D eigenvalue weighted by Crippen LogP contribution is -1.84. The number of nitrogens with zero attached hydrogens (tertiary/aromatic N) is 1. The predicted octanol–water partition coefficient (Wildman–Crippen LogP) is 6.87. The minimum absolute atomic E-state index is 0.680. The van der Waals surface area contributed by atoms with Crippen LogP contribution in [0.5, 0.6) is 5.75 Å². The highest BCUT2D eigenvalue weighted by molar-refractivity contribution is 5.64. The smallest absolute Gasteiger partial charge is 0.126 e. The van der Waals surface area contributed by atoms with Crippen LogP contribution in [0.1, 0.15) is 57.4 Å². The van der Waals surface area contributed by atoms with E-state index >= 15 is 0 Å². The van der Waals surface area contributed by atoms with Crippen molar-refractivity contribution in [3.8, 4) is 22.9 Å². The van der Waals surface area contributed by atoms with E-state index in [1.807, 2.05) is 48.5 Å². The van der Waals surface area contributed by atoms with E-state index < -0.39 is 0 Å². The molecule has 25 heavy (non-hydrogen) atoms. The van der Waals surface area contributed by atoms with Crippen molar-refractivity contribution >= 4 is 0 Å². The zero-order chi connectivity index (χ0) is 17.7. The Morgan fingerprint density at radius 3 is 2.08 bits per heavy atom. The Labute approximate surface area is 151 Å². The van der Waals surface area contributed by atoms with Crippen molar-refractivity contribution in [1.29, 1.82) is 5.26 Å². The number of benzene rings is 2. The molecule has 0 amide bonds. The minimum Gasteiger partial charge on any atom is -0.465 e. The highest BCUT2D eigenvalue weighted by Crippen LogP contribution is 2.23. The highest BCUT2D eigenvalue weighted by Gasteiger charge is 1.99. The standard InChI is InChI=1S/C23H27NO/c1-2-3-4-5-6-7-8-9-18-25-23-16-14-22(15-17-23)21-12-10-20(19-24)11-13-21/h9-18H,2-8H2,1H3/b18-9+. The molecule has 0 radical (unpaired) electrons. The van der Waals surface area contributed by atoms with Crippen LogP contribution in [0.4, 0.5) is 0 Å². The molecule has 0 unspecified atom stereocenters. The quantitative estimate of drug-likeness (QED) is 0.351. The van der Waals surface area contributed by atoms with Crippen LogP contribution in [0, 0.1) is 11.3 Å². The number of nitriles is 1. The van der Waals surface area contributed by atoms with E-state index in [-0.39, 0.29) is 0 Å². The van der Waals surface area contributed by atoms with Gasteiger partial charge in [-0.2, -0.15) is 5.26 Å². The molecule has 0 aliphatic heterocycles. The number of unbranched alkanes of at least 4 members (excludes halogenated alkanes) is 6. The van der Waals surface area contributed by atoms with E-state index in [2.05, 4.69) is 19.1 Å². The molecule has 2 aromatic rings. The molecule has 0 aromatic heterocycles. The van der Waals surface area contributed by atoms with Crippen molar-refractivity contribution in [3.05, 3.63) is 66.4 Å². The molecule has 0 heterocycles. The first-order chi connectivity index (χ1) is 12.3. The van der Waals surface area contributed by atoms with Crippen molar-refractivity contribution in [1.82, 2.24) is 0 Å². The van der Waals surface area contributed by atoms with Crippen molar-refractivity contribution in [2.75, 3.05) is 0 Å². The summed E-state index contributed by atoms with van der Waals surface area (Å²) in [5, 5.41) is 8.85. The predicted molar refractivity (Wildman–Crippen MR) is 104 cm³/mol. The van der Waals surface area contributed by atoms with Gasteiger partial charge in [-0.15, -0.1) is 0 Å². The maximum Gasteiger partial charge on any atom is 0.126 e. The molecule has 0 fully saturated rings. The fourth-order valence-corrected chi connectivity index (χ4v) is 2.70. The third kappa shape index (κ3) is 6.85. The van der Waals surface area contributed by atoms with E-state index in [1.54, 1.807) is 6.26 Å². The minimum atomic E-state index is 0.680. The van der Waals surface area contributed by atoms with E-state index in [4.69, 9.17) is 10.00 Å². The second kappa shape index (κ2) is 11.1. The van der Waals surface area contributed by atoms with Crippen LogP contribution in [-0.4, -0.2) is 0 Å². The Morgan fingerprint density at radius 2 is 1.44 bits per heavy atom. The number of rotatable bonds is 10. The summed E-state index contributed by atoms with van der Waals surface area (Å²) in [6, 6.07) is 17.8. The zero-order valence-corrected chi connectivity index (χ0v) is 15.1. The summed E-state index contributed by atoms with van der Waals surface area (Å²) < 4.78 is 5.65. The van der Waals surface area contributed by atoms with Crippen molar-refractivity contribution < 1.29 is 4.74 Å². The topological polar surface area (TPSA) is 33.0 Å². The van der Waals surface area contributed by atoms with Crippen LogP contribution in [-0.2, 0) is 0 Å². The third-order valence-corrected chi connectivity index (χ3v) is 4.23. The van der Waals surface area contributed by atoms with Gasteiger partial charge in [0.1, 0.15) is 5.75 Å². The second-order valence-electron chi connectivity index (χ2n) is 6.26. The lowest BCUT2D eigenvalue weighted by Gasteiger charge is -2.04. The van der Waals surface area contributed by atoms with Gasteiger partial charge in [-0.05, 0) is 54.3 Å². The molecule has 0 N–H and O–H groups in total. The van der Waals surface area contributed by atoms with Gasteiger partial charge >= 0.3 is 0 Å². The molecule has 2 rings (SSSR count).